The third-order valence-corrected chi connectivity index (χ3v) is 6.07. The van der Waals surface area contributed by atoms with Crippen molar-refractivity contribution in [2.45, 2.75) is 18.6 Å². The molecular weight excluding hydrogens is 451 g/mol. The first-order chi connectivity index (χ1) is 16.5. The van der Waals surface area contributed by atoms with Crippen LogP contribution in [0.1, 0.15) is 12.5 Å². The second-order valence-corrected chi connectivity index (χ2v) is 8.54. The summed E-state index contributed by atoms with van der Waals surface area (Å²) >= 11 is 1.33. The van der Waals surface area contributed by atoms with Gasteiger partial charge < -0.3 is 9.64 Å². The van der Waals surface area contributed by atoms with E-state index in [1.807, 2.05) is 66.1 Å². The Bertz CT molecular complexity index is 1230. The molecule has 34 heavy (non-hydrogen) atoms. The van der Waals surface area contributed by atoms with E-state index in [0.717, 1.165) is 22.6 Å². The summed E-state index contributed by atoms with van der Waals surface area (Å²) in [6.45, 7) is 2.94. The highest BCUT2D eigenvalue weighted by Gasteiger charge is 2.18. The highest BCUT2D eigenvalue weighted by atomic mass is 32.2. The lowest BCUT2D eigenvalue weighted by Crippen LogP contribution is -2.27. The Morgan fingerprint density at radius 1 is 1.00 bits per heavy atom. The summed E-state index contributed by atoms with van der Waals surface area (Å²) in [5.74, 6) is 1.32. The first-order valence-electron chi connectivity index (χ1n) is 10.9. The number of halogens is 1. The van der Waals surface area contributed by atoms with Gasteiger partial charge in [0, 0.05) is 24.8 Å². The molecule has 0 fully saturated rings. The van der Waals surface area contributed by atoms with Gasteiger partial charge in [0.25, 0.3) is 0 Å². The number of aromatic nitrogens is 3. The van der Waals surface area contributed by atoms with Crippen LogP contribution in [0.25, 0.3) is 17.1 Å². The molecule has 174 valence electrons. The summed E-state index contributed by atoms with van der Waals surface area (Å²) in [5, 5.41) is 9.42. The second-order valence-electron chi connectivity index (χ2n) is 7.60. The number of hydrogen-bond acceptors (Lipinski definition) is 5. The van der Waals surface area contributed by atoms with Crippen LogP contribution in [-0.2, 0) is 11.3 Å². The molecule has 0 atom stereocenters. The fourth-order valence-electron chi connectivity index (χ4n) is 3.42. The molecule has 1 heterocycles. The SMILES string of the molecule is CCOc1ccc(-n2c(SCC(=O)N(C)Cc3ccc(F)cc3)nnc2-c2ccccc2)cc1. The molecule has 0 aliphatic carbocycles. The van der Waals surface area contributed by atoms with Gasteiger partial charge in [0.15, 0.2) is 11.0 Å². The number of carbonyl (C=O) groups is 1. The molecular formula is C26H25FN4O2S. The normalized spacial score (nSPS) is 10.8. The van der Waals surface area contributed by atoms with Crippen LogP contribution in [-0.4, -0.2) is 45.0 Å². The average molecular weight is 477 g/mol. The lowest BCUT2D eigenvalue weighted by atomic mass is 10.2. The number of benzene rings is 3. The molecule has 3 aromatic carbocycles. The minimum atomic E-state index is -0.295. The van der Waals surface area contributed by atoms with Crippen LogP contribution in [0.3, 0.4) is 0 Å². The number of thioether (sulfide) groups is 1. The molecule has 0 N–H and O–H groups in total. The molecule has 4 rings (SSSR count). The number of carbonyl (C=O) groups excluding carboxylic acids is 1. The quantitative estimate of drug-likeness (QED) is 0.310. The van der Waals surface area contributed by atoms with Crippen LogP contribution in [0.2, 0.25) is 0 Å². The molecule has 0 radical (unpaired) electrons. The summed E-state index contributed by atoms with van der Waals surface area (Å²) in [6.07, 6.45) is 0. The van der Waals surface area contributed by atoms with E-state index in [0.29, 0.717) is 24.1 Å². The summed E-state index contributed by atoms with van der Waals surface area (Å²) in [7, 11) is 1.73. The number of hydrogen-bond donors (Lipinski definition) is 0. The van der Waals surface area contributed by atoms with Crippen LogP contribution < -0.4 is 4.74 Å². The van der Waals surface area contributed by atoms with Gasteiger partial charge in [-0.25, -0.2) is 4.39 Å². The van der Waals surface area contributed by atoms with Crippen molar-refractivity contribution in [1.82, 2.24) is 19.7 Å². The van der Waals surface area contributed by atoms with Gasteiger partial charge in [-0.2, -0.15) is 0 Å². The Morgan fingerprint density at radius 2 is 1.71 bits per heavy atom. The number of rotatable bonds is 9. The standard InChI is InChI=1S/C26H25FN4O2S/c1-3-33-23-15-13-22(14-16-23)31-25(20-7-5-4-6-8-20)28-29-26(31)34-18-24(32)30(2)17-19-9-11-21(27)12-10-19/h4-16H,3,17-18H2,1-2H3. The predicted molar refractivity (Wildman–Crippen MR) is 132 cm³/mol. The summed E-state index contributed by atoms with van der Waals surface area (Å²) < 4.78 is 20.7. The number of nitrogens with zero attached hydrogens (tertiary/aromatic N) is 4. The van der Waals surface area contributed by atoms with Gasteiger partial charge in [-0.1, -0.05) is 54.2 Å². The monoisotopic (exact) mass is 476 g/mol. The topological polar surface area (TPSA) is 60.2 Å². The zero-order chi connectivity index (χ0) is 23.9. The largest absolute Gasteiger partial charge is 0.494 e. The van der Waals surface area contributed by atoms with Gasteiger partial charge in [-0.3, -0.25) is 9.36 Å². The lowest BCUT2D eigenvalue weighted by Gasteiger charge is -2.17. The van der Waals surface area contributed by atoms with Gasteiger partial charge in [0.2, 0.25) is 5.91 Å². The molecule has 0 bridgehead atoms. The first kappa shape index (κ1) is 23.5. The van der Waals surface area contributed by atoms with Gasteiger partial charge >= 0.3 is 0 Å². The number of amides is 1. The molecule has 0 saturated heterocycles. The summed E-state index contributed by atoms with van der Waals surface area (Å²) in [5.41, 5.74) is 2.67. The zero-order valence-electron chi connectivity index (χ0n) is 19.0. The zero-order valence-corrected chi connectivity index (χ0v) is 19.8. The lowest BCUT2D eigenvalue weighted by molar-refractivity contribution is -0.127. The van der Waals surface area contributed by atoms with Crippen molar-refractivity contribution < 1.29 is 13.9 Å². The molecule has 1 amide bonds. The highest BCUT2D eigenvalue weighted by Crippen LogP contribution is 2.29. The van der Waals surface area contributed by atoms with E-state index < -0.39 is 0 Å². The van der Waals surface area contributed by atoms with Crippen molar-refractivity contribution in [1.29, 1.82) is 0 Å². The van der Waals surface area contributed by atoms with Gasteiger partial charge in [-0.05, 0) is 48.9 Å². The smallest absolute Gasteiger partial charge is 0.233 e. The van der Waals surface area contributed by atoms with E-state index in [2.05, 4.69) is 10.2 Å². The van der Waals surface area contributed by atoms with Crippen LogP contribution >= 0.6 is 11.8 Å². The minimum absolute atomic E-state index is 0.0585. The van der Waals surface area contributed by atoms with Crippen LogP contribution in [0.15, 0.2) is 84.0 Å². The molecule has 0 aliphatic rings. The van der Waals surface area contributed by atoms with E-state index in [1.54, 1.807) is 24.1 Å². The average Bonchev–Trinajstić information content (AvgIpc) is 3.29. The maximum atomic E-state index is 13.1. The van der Waals surface area contributed by atoms with Crippen LogP contribution in [0.5, 0.6) is 5.75 Å². The van der Waals surface area contributed by atoms with Crippen molar-refractivity contribution in [3.05, 3.63) is 90.2 Å². The predicted octanol–water partition coefficient (Wildman–Crippen LogP) is 5.22. The van der Waals surface area contributed by atoms with Crippen molar-refractivity contribution in [3.8, 4) is 22.8 Å². The Balaban J connectivity index is 1.54. The molecule has 4 aromatic rings. The fraction of sp³-hybridized carbons (Fsp3) is 0.192. The van der Waals surface area contributed by atoms with Crippen LogP contribution in [0.4, 0.5) is 4.39 Å². The third-order valence-electron chi connectivity index (χ3n) is 5.15. The molecule has 0 aliphatic heterocycles. The van der Waals surface area contributed by atoms with Crippen molar-refractivity contribution >= 4 is 17.7 Å². The maximum Gasteiger partial charge on any atom is 0.233 e. The highest BCUT2D eigenvalue weighted by molar-refractivity contribution is 7.99. The van der Waals surface area contributed by atoms with Crippen molar-refractivity contribution in [2.75, 3.05) is 19.4 Å². The molecule has 0 saturated carbocycles. The van der Waals surface area contributed by atoms with Crippen molar-refractivity contribution in [2.24, 2.45) is 0 Å². The van der Waals surface area contributed by atoms with E-state index in [9.17, 15) is 9.18 Å². The third kappa shape index (κ3) is 5.63. The second kappa shape index (κ2) is 11.0. The Labute approximate surface area is 202 Å². The van der Waals surface area contributed by atoms with E-state index in [-0.39, 0.29) is 17.5 Å². The maximum absolute atomic E-state index is 13.1. The molecule has 0 spiro atoms. The Hall–Kier alpha value is -3.65. The molecule has 1 aromatic heterocycles. The van der Waals surface area contributed by atoms with E-state index in [4.69, 9.17) is 4.74 Å². The summed E-state index contributed by atoms with van der Waals surface area (Å²) in [6, 6.07) is 23.7. The van der Waals surface area contributed by atoms with Gasteiger partial charge in [-0.15, -0.1) is 10.2 Å². The van der Waals surface area contributed by atoms with Gasteiger partial charge in [0.05, 0.1) is 12.4 Å². The minimum Gasteiger partial charge on any atom is -0.494 e. The Morgan fingerprint density at radius 3 is 2.38 bits per heavy atom. The van der Waals surface area contributed by atoms with Gasteiger partial charge in [0.1, 0.15) is 11.6 Å². The van der Waals surface area contributed by atoms with Crippen molar-refractivity contribution in [3.63, 3.8) is 0 Å². The molecule has 8 heteroatoms. The summed E-state index contributed by atoms with van der Waals surface area (Å²) in [4.78, 5) is 14.4. The first-order valence-corrected chi connectivity index (χ1v) is 11.9. The molecule has 0 unspecified atom stereocenters. The van der Waals surface area contributed by atoms with E-state index in [1.165, 1.54) is 23.9 Å². The number of ether oxygens (including phenoxy) is 1. The van der Waals surface area contributed by atoms with Crippen LogP contribution in [0, 0.1) is 5.82 Å². The van der Waals surface area contributed by atoms with E-state index >= 15 is 0 Å². The fourth-order valence-corrected chi connectivity index (χ4v) is 4.31. The molecule has 6 nitrogen and oxygen atoms in total. The Kier molecular flexibility index (Phi) is 7.59.